The van der Waals surface area contributed by atoms with Crippen LogP contribution < -0.4 is 0 Å². The van der Waals surface area contributed by atoms with Crippen molar-refractivity contribution in [3.8, 4) is 0 Å². The van der Waals surface area contributed by atoms with Gasteiger partial charge in [0.15, 0.2) is 11.7 Å². The molecule has 0 aromatic carbocycles. The minimum atomic E-state index is -1.97. The van der Waals surface area contributed by atoms with Crippen LogP contribution in [0.15, 0.2) is 0 Å². The van der Waals surface area contributed by atoms with E-state index in [4.69, 9.17) is 18.9 Å². The Hall–Kier alpha value is -1.71. The zero-order valence-corrected chi connectivity index (χ0v) is 16.6. The Bertz CT molecular complexity index is 893. The van der Waals surface area contributed by atoms with Crippen LogP contribution in [0.1, 0.15) is 40.5 Å². The molecule has 10 atom stereocenters. The predicted octanol–water partition coefficient (Wildman–Crippen LogP) is -0.340. The van der Waals surface area contributed by atoms with Crippen LogP contribution in [0.25, 0.3) is 0 Å². The zero-order chi connectivity index (χ0) is 20.9. The topological polar surface area (TPSA) is 129 Å². The Morgan fingerprint density at radius 1 is 1.03 bits per heavy atom. The number of carbonyl (C=O) groups excluding carboxylic acids is 3. The number of rotatable bonds is 0. The number of hydrogen-bond donors (Lipinski definition) is 2. The van der Waals surface area contributed by atoms with Gasteiger partial charge in [0.25, 0.3) is 0 Å². The maximum absolute atomic E-state index is 13.3. The van der Waals surface area contributed by atoms with E-state index >= 15 is 0 Å². The van der Waals surface area contributed by atoms with Crippen LogP contribution in [0.4, 0.5) is 0 Å². The van der Waals surface area contributed by atoms with Crippen molar-refractivity contribution in [1.29, 1.82) is 0 Å². The van der Waals surface area contributed by atoms with E-state index in [2.05, 4.69) is 0 Å². The second kappa shape index (κ2) is 4.48. The lowest BCUT2D eigenvalue weighted by Crippen LogP contribution is -2.66. The number of fused-ring (bicyclic) bond motifs is 1. The molecule has 0 aromatic heterocycles. The third kappa shape index (κ3) is 1.35. The molecule has 9 nitrogen and oxygen atoms in total. The largest absolute Gasteiger partial charge is 0.459 e. The van der Waals surface area contributed by atoms with Gasteiger partial charge in [0.1, 0.15) is 12.2 Å². The van der Waals surface area contributed by atoms with Crippen molar-refractivity contribution in [3.05, 3.63) is 0 Å². The van der Waals surface area contributed by atoms with E-state index in [9.17, 15) is 24.6 Å². The summed E-state index contributed by atoms with van der Waals surface area (Å²) in [5.41, 5.74) is -6.81. The molecule has 2 spiro atoms. The molecule has 0 radical (unpaired) electrons. The zero-order valence-electron chi connectivity index (χ0n) is 16.6. The maximum Gasteiger partial charge on any atom is 0.342 e. The van der Waals surface area contributed by atoms with Gasteiger partial charge >= 0.3 is 17.9 Å². The average Bonchev–Trinajstić information content (AvgIpc) is 3.31. The van der Waals surface area contributed by atoms with E-state index in [1.54, 1.807) is 0 Å². The van der Waals surface area contributed by atoms with Crippen molar-refractivity contribution in [2.45, 2.75) is 76.3 Å². The van der Waals surface area contributed by atoms with Crippen LogP contribution >= 0.6 is 0 Å². The molecule has 0 bridgehead atoms. The maximum atomic E-state index is 13.3. The van der Waals surface area contributed by atoms with Crippen molar-refractivity contribution in [2.24, 2.45) is 28.1 Å². The normalized spacial score (nSPS) is 59.2. The van der Waals surface area contributed by atoms with Crippen molar-refractivity contribution in [3.63, 3.8) is 0 Å². The SMILES string of the molecule is C[C@@H]1C(=O)OC2CC34C5C[C@@H](C(C)(C)C)C36C(OC(=O)[C@@H]6O)OC4(C(=O)O5)[C@]21O. The molecule has 6 fully saturated rings. The molecule has 4 heterocycles. The standard InChI is InChI=1S/C20H24O9/c1-7-12(22)26-10-6-17-9-5-8(16(2,3)4)18(17)11(21)13(23)28-15(18)29-20(17,14(24)27-9)19(7,10)25/h7-11,15,21,25H,5-6H2,1-4H3/t7-,8+,9?,10?,11+,15?,17?,18?,19-,20?/m1/s1. The van der Waals surface area contributed by atoms with Crippen molar-refractivity contribution in [1.82, 2.24) is 0 Å². The lowest BCUT2D eigenvalue weighted by Gasteiger charge is -2.46. The highest BCUT2D eigenvalue weighted by molar-refractivity contribution is 5.93. The number of hydrogen-bond acceptors (Lipinski definition) is 9. The summed E-state index contributed by atoms with van der Waals surface area (Å²) in [7, 11) is 0. The summed E-state index contributed by atoms with van der Waals surface area (Å²) in [6.07, 6.45) is -3.96. The third-order valence-electron chi connectivity index (χ3n) is 8.97. The number of aliphatic hydroxyl groups is 2. The molecule has 4 aliphatic heterocycles. The van der Waals surface area contributed by atoms with Crippen molar-refractivity contribution < 1.29 is 43.5 Å². The molecule has 0 aromatic rings. The lowest BCUT2D eigenvalue weighted by molar-refractivity contribution is -0.238. The third-order valence-corrected chi connectivity index (χ3v) is 8.97. The van der Waals surface area contributed by atoms with Gasteiger partial charge in [-0.05, 0) is 24.7 Å². The Morgan fingerprint density at radius 3 is 2.38 bits per heavy atom. The molecule has 2 aliphatic carbocycles. The second-order valence-electron chi connectivity index (χ2n) is 10.6. The first-order valence-electron chi connectivity index (χ1n) is 10.1. The highest BCUT2D eigenvalue weighted by atomic mass is 16.8. The molecule has 2 N–H and O–H groups in total. The van der Waals surface area contributed by atoms with E-state index in [0.717, 1.165) is 0 Å². The summed E-state index contributed by atoms with van der Waals surface area (Å²) in [5, 5.41) is 23.0. The molecule has 29 heavy (non-hydrogen) atoms. The van der Waals surface area contributed by atoms with E-state index in [-0.39, 0.29) is 17.8 Å². The summed E-state index contributed by atoms with van der Waals surface area (Å²) in [4.78, 5) is 38.1. The summed E-state index contributed by atoms with van der Waals surface area (Å²) < 4.78 is 22.9. The van der Waals surface area contributed by atoms with Gasteiger partial charge in [0, 0.05) is 6.42 Å². The highest BCUT2D eigenvalue weighted by Gasteiger charge is 3.01. The summed E-state index contributed by atoms with van der Waals surface area (Å²) >= 11 is 0. The van der Waals surface area contributed by atoms with Crippen LogP contribution in [0.2, 0.25) is 0 Å². The predicted molar refractivity (Wildman–Crippen MR) is 90.6 cm³/mol. The average molecular weight is 408 g/mol. The van der Waals surface area contributed by atoms with Gasteiger partial charge in [0.05, 0.1) is 16.7 Å². The molecule has 9 heteroatoms. The molecular weight excluding hydrogens is 384 g/mol. The van der Waals surface area contributed by atoms with Gasteiger partial charge in [-0.15, -0.1) is 0 Å². The summed E-state index contributed by atoms with van der Waals surface area (Å²) in [6, 6.07) is 0. The quantitative estimate of drug-likeness (QED) is 0.408. The first-order chi connectivity index (χ1) is 13.4. The fourth-order valence-corrected chi connectivity index (χ4v) is 8.06. The molecule has 158 valence electrons. The number of carbonyl (C=O) groups is 3. The van der Waals surface area contributed by atoms with E-state index in [0.29, 0.717) is 6.42 Å². The van der Waals surface area contributed by atoms with Gasteiger partial charge in [-0.2, -0.15) is 0 Å². The van der Waals surface area contributed by atoms with E-state index < -0.39 is 70.5 Å². The summed E-state index contributed by atoms with van der Waals surface area (Å²) in [6.45, 7) is 7.47. The van der Waals surface area contributed by atoms with Gasteiger partial charge in [-0.25, -0.2) is 9.59 Å². The Labute approximate surface area is 166 Å². The first-order valence-corrected chi connectivity index (χ1v) is 10.1. The number of aliphatic hydroxyl groups excluding tert-OH is 1. The van der Waals surface area contributed by atoms with Crippen molar-refractivity contribution >= 4 is 17.9 Å². The molecule has 4 saturated heterocycles. The molecule has 0 amide bonds. The van der Waals surface area contributed by atoms with Crippen LogP contribution in [0.5, 0.6) is 0 Å². The van der Waals surface area contributed by atoms with Crippen molar-refractivity contribution in [2.75, 3.05) is 0 Å². The molecular formula is C20H24O9. The molecule has 6 rings (SSSR count). The Kier molecular flexibility index (Phi) is 2.79. The van der Waals surface area contributed by atoms with Gasteiger partial charge in [-0.1, -0.05) is 20.8 Å². The second-order valence-corrected chi connectivity index (χ2v) is 10.6. The lowest BCUT2D eigenvalue weighted by atomic mass is 9.51. The molecule has 6 unspecified atom stereocenters. The summed E-state index contributed by atoms with van der Waals surface area (Å²) in [5.74, 6) is -3.52. The highest BCUT2D eigenvalue weighted by Crippen LogP contribution is 2.84. The smallest absolute Gasteiger partial charge is 0.342 e. The number of esters is 3. The molecule has 6 aliphatic rings. The monoisotopic (exact) mass is 408 g/mol. The fourth-order valence-electron chi connectivity index (χ4n) is 8.06. The van der Waals surface area contributed by atoms with Crippen LogP contribution in [-0.2, 0) is 33.3 Å². The van der Waals surface area contributed by atoms with Gasteiger partial charge in [0.2, 0.25) is 11.9 Å². The first kappa shape index (κ1) is 18.1. The van der Waals surface area contributed by atoms with E-state index in [1.807, 2.05) is 20.8 Å². The molecule has 2 saturated carbocycles. The fraction of sp³-hybridized carbons (Fsp3) is 0.850. The Balaban J connectivity index is 1.68. The number of ether oxygens (including phenoxy) is 4. The van der Waals surface area contributed by atoms with E-state index in [1.165, 1.54) is 6.92 Å². The van der Waals surface area contributed by atoms with Crippen LogP contribution in [0.3, 0.4) is 0 Å². The van der Waals surface area contributed by atoms with Crippen LogP contribution in [-0.4, -0.2) is 63.9 Å². The van der Waals surface area contributed by atoms with Gasteiger partial charge < -0.3 is 29.2 Å². The van der Waals surface area contributed by atoms with Gasteiger partial charge in [-0.3, -0.25) is 4.79 Å². The minimum absolute atomic E-state index is 0.0623. The Morgan fingerprint density at radius 2 is 1.72 bits per heavy atom. The minimum Gasteiger partial charge on any atom is -0.459 e. The van der Waals surface area contributed by atoms with Crippen LogP contribution in [0, 0.1) is 28.1 Å².